The summed E-state index contributed by atoms with van der Waals surface area (Å²) in [5.41, 5.74) is 0.879. The molecule has 10 nitrogen and oxygen atoms in total. The summed E-state index contributed by atoms with van der Waals surface area (Å²) in [4.78, 5) is 26.2. The second kappa shape index (κ2) is 8.12. The molecule has 0 radical (unpaired) electrons. The smallest absolute Gasteiger partial charge is 0.264 e. The highest BCUT2D eigenvalue weighted by Gasteiger charge is 2.24. The summed E-state index contributed by atoms with van der Waals surface area (Å²) in [6.45, 7) is 1.88. The average Bonchev–Trinajstić information content (AvgIpc) is 3.25. The van der Waals surface area contributed by atoms with Crippen LogP contribution in [0.5, 0.6) is 0 Å². The number of benzene rings is 1. The Bertz CT molecular complexity index is 1500. The van der Waals surface area contributed by atoms with E-state index < -0.39 is 10.0 Å². The summed E-state index contributed by atoms with van der Waals surface area (Å²) in [5.74, 6) is 0.727. The van der Waals surface area contributed by atoms with Crippen molar-refractivity contribution in [2.75, 3.05) is 19.0 Å². The number of H-pyrrole nitrogens is 1. The number of aryl methyl sites for hydroxylation is 1. The van der Waals surface area contributed by atoms with E-state index in [1.165, 1.54) is 28.2 Å². The maximum Gasteiger partial charge on any atom is 0.264 e. The Kier molecular flexibility index (Phi) is 5.75. The first kappa shape index (κ1) is 22.7. The first-order valence-corrected chi connectivity index (χ1v) is 12.3. The lowest BCUT2D eigenvalue weighted by Crippen LogP contribution is -2.16. The van der Waals surface area contributed by atoms with E-state index in [0.717, 1.165) is 10.7 Å². The molecule has 0 saturated heterocycles. The number of sulfonamides is 1. The van der Waals surface area contributed by atoms with Crippen molar-refractivity contribution in [1.29, 1.82) is 0 Å². The van der Waals surface area contributed by atoms with Gasteiger partial charge in [0.15, 0.2) is 11.5 Å². The van der Waals surface area contributed by atoms with Gasteiger partial charge in [0.05, 0.1) is 21.4 Å². The maximum atomic E-state index is 13.0. The van der Waals surface area contributed by atoms with E-state index in [2.05, 4.69) is 20.1 Å². The average molecular weight is 514 g/mol. The number of hydrogen-bond acceptors (Lipinski definition) is 8. The molecule has 0 aliphatic carbocycles. The van der Waals surface area contributed by atoms with Crippen molar-refractivity contribution in [2.24, 2.45) is 5.14 Å². The molecule has 3 N–H and O–H groups in total. The van der Waals surface area contributed by atoms with Crippen LogP contribution in [0.2, 0.25) is 10.0 Å². The predicted molar refractivity (Wildman–Crippen MR) is 125 cm³/mol. The molecule has 1 aromatic carbocycles. The first-order valence-electron chi connectivity index (χ1n) is 9.08. The number of rotatable bonds is 5. The number of nitrogens with zero attached hydrogens (tertiary/aromatic N) is 5. The Hall–Kier alpha value is -2.51. The van der Waals surface area contributed by atoms with Crippen molar-refractivity contribution < 1.29 is 8.42 Å². The lowest BCUT2D eigenvalue weighted by atomic mass is 10.3. The van der Waals surface area contributed by atoms with Gasteiger partial charge in [-0.05, 0) is 19.1 Å². The van der Waals surface area contributed by atoms with Gasteiger partial charge in [-0.25, -0.2) is 28.2 Å². The lowest BCUT2D eigenvalue weighted by Gasteiger charge is -2.10. The fraction of sp³-hybridized carbons (Fsp3) is 0.222. The molecule has 0 aliphatic heterocycles. The molecule has 32 heavy (non-hydrogen) atoms. The zero-order valence-corrected chi connectivity index (χ0v) is 20.2. The number of nitrogens with one attached hydrogen (secondary N) is 1. The highest BCUT2D eigenvalue weighted by molar-refractivity contribution is 7.89. The van der Waals surface area contributed by atoms with Crippen LogP contribution in [0.25, 0.3) is 16.7 Å². The third kappa shape index (κ3) is 4.11. The predicted octanol–water partition coefficient (Wildman–Crippen LogP) is 2.48. The molecule has 0 spiro atoms. The van der Waals surface area contributed by atoms with Gasteiger partial charge >= 0.3 is 0 Å². The van der Waals surface area contributed by atoms with Crippen LogP contribution in [0.4, 0.5) is 5.82 Å². The molecule has 3 heterocycles. The van der Waals surface area contributed by atoms with E-state index in [1.807, 2.05) is 12.3 Å². The number of primary sulfonamides is 1. The van der Waals surface area contributed by atoms with Gasteiger partial charge in [0.2, 0.25) is 10.0 Å². The Balaban J connectivity index is 1.98. The molecule has 0 bridgehead atoms. The fourth-order valence-electron chi connectivity index (χ4n) is 3.14. The second-order valence-electron chi connectivity index (χ2n) is 7.18. The van der Waals surface area contributed by atoms with Gasteiger partial charge in [0, 0.05) is 25.2 Å². The molecule has 14 heteroatoms. The van der Waals surface area contributed by atoms with Gasteiger partial charge < -0.3 is 9.88 Å². The quantitative estimate of drug-likeness (QED) is 0.417. The van der Waals surface area contributed by atoms with Crippen molar-refractivity contribution in [3.05, 3.63) is 54.4 Å². The van der Waals surface area contributed by atoms with Crippen molar-refractivity contribution in [1.82, 2.24) is 24.7 Å². The third-order valence-electron chi connectivity index (χ3n) is 4.51. The highest BCUT2D eigenvalue weighted by Crippen LogP contribution is 2.34. The summed E-state index contributed by atoms with van der Waals surface area (Å²) >= 11 is 14.2. The second-order valence-corrected chi connectivity index (χ2v) is 10.5. The number of halogens is 2. The standard InChI is InChI=1S/C18H17Cl2N7O3S2/c1-8-7-31-13(22-8)6-12-23-16-14(18(28)24-12)17(26(2)3)25-27(16)15-10(19)4-9(5-11(15)20)32(21,29)30/h4-5,7H,6H2,1-3H3,(H2,21,29,30)(H,23,24,28). The Morgan fingerprint density at radius 2 is 1.88 bits per heavy atom. The van der Waals surface area contributed by atoms with Gasteiger partial charge in [-0.15, -0.1) is 16.4 Å². The van der Waals surface area contributed by atoms with Crippen LogP contribution in [0, 0.1) is 6.92 Å². The van der Waals surface area contributed by atoms with Crippen LogP contribution in [-0.4, -0.2) is 47.2 Å². The van der Waals surface area contributed by atoms with Crippen LogP contribution >= 0.6 is 34.5 Å². The number of nitrogens with two attached hydrogens (primary N) is 1. The summed E-state index contributed by atoms with van der Waals surface area (Å²) in [6, 6.07) is 2.35. The Morgan fingerprint density at radius 3 is 2.41 bits per heavy atom. The van der Waals surface area contributed by atoms with Crippen molar-refractivity contribution in [3.8, 4) is 5.69 Å². The molecule has 0 amide bonds. The summed E-state index contributed by atoms with van der Waals surface area (Å²) in [7, 11) is -0.572. The van der Waals surface area contributed by atoms with E-state index in [-0.39, 0.29) is 37.2 Å². The number of aromatic amines is 1. The van der Waals surface area contributed by atoms with Gasteiger partial charge in [0.1, 0.15) is 21.9 Å². The van der Waals surface area contributed by atoms with Crippen molar-refractivity contribution >= 4 is 61.4 Å². The topological polar surface area (TPSA) is 140 Å². The van der Waals surface area contributed by atoms with Crippen LogP contribution in [0.1, 0.15) is 16.5 Å². The molecular weight excluding hydrogens is 497 g/mol. The third-order valence-corrected chi connectivity index (χ3v) is 6.94. The molecule has 168 valence electrons. The van der Waals surface area contributed by atoms with E-state index >= 15 is 0 Å². The molecule has 0 unspecified atom stereocenters. The van der Waals surface area contributed by atoms with Gasteiger partial charge in [-0.2, -0.15) is 0 Å². The summed E-state index contributed by atoms with van der Waals surface area (Å²) in [5, 5.41) is 12.6. The maximum absolute atomic E-state index is 13.0. The Morgan fingerprint density at radius 1 is 1.22 bits per heavy atom. The summed E-state index contributed by atoms with van der Waals surface area (Å²) in [6.07, 6.45) is 0.317. The molecule has 0 fully saturated rings. The van der Waals surface area contributed by atoms with E-state index in [1.54, 1.807) is 19.0 Å². The minimum absolute atomic E-state index is 0.0181. The molecule has 0 saturated carbocycles. The van der Waals surface area contributed by atoms with Crippen molar-refractivity contribution in [3.63, 3.8) is 0 Å². The molecular formula is C18H17Cl2N7O3S2. The van der Waals surface area contributed by atoms with Gasteiger partial charge in [0.25, 0.3) is 5.56 Å². The molecule has 0 atom stereocenters. The SMILES string of the molecule is Cc1csc(Cc2nc3c(c(N(C)C)nn3-c3c(Cl)cc(S(N)(=O)=O)cc3Cl)c(=O)[nH]2)n1. The molecule has 4 rings (SSSR count). The van der Waals surface area contributed by atoms with Crippen LogP contribution in [-0.2, 0) is 16.4 Å². The molecule has 0 aliphatic rings. The molecule has 4 aromatic rings. The van der Waals surface area contributed by atoms with Crippen LogP contribution in [0.3, 0.4) is 0 Å². The lowest BCUT2D eigenvalue weighted by molar-refractivity contribution is 0.598. The number of aromatic nitrogens is 5. The first-order chi connectivity index (χ1) is 15.0. The van der Waals surface area contributed by atoms with E-state index in [4.69, 9.17) is 28.3 Å². The van der Waals surface area contributed by atoms with Crippen molar-refractivity contribution in [2.45, 2.75) is 18.2 Å². The number of anilines is 1. The normalized spacial score (nSPS) is 11.9. The number of fused-ring (bicyclic) bond motifs is 1. The monoisotopic (exact) mass is 513 g/mol. The van der Waals surface area contributed by atoms with E-state index in [0.29, 0.717) is 18.1 Å². The zero-order chi connectivity index (χ0) is 23.4. The Labute approximate surface area is 196 Å². The summed E-state index contributed by atoms with van der Waals surface area (Å²) < 4.78 is 24.8. The number of hydrogen-bond donors (Lipinski definition) is 2. The van der Waals surface area contributed by atoms with Gasteiger partial charge in [-0.1, -0.05) is 23.2 Å². The highest BCUT2D eigenvalue weighted by atomic mass is 35.5. The van der Waals surface area contributed by atoms with Crippen LogP contribution in [0.15, 0.2) is 27.2 Å². The van der Waals surface area contributed by atoms with E-state index in [9.17, 15) is 13.2 Å². The zero-order valence-electron chi connectivity index (χ0n) is 17.0. The van der Waals surface area contributed by atoms with Gasteiger partial charge in [-0.3, -0.25) is 4.79 Å². The van der Waals surface area contributed by atoms with Crippen LogP contribution < -0.4 is 15.6 Å². The minimum Gasteiger partial charge on any atom is -0.361 e. The molecule has 3 aromatic heterocycles. The largest absolute Gasteiger partial charge is 0.361 e. The fourth-order valence-corrected chi connectivity index (χ4v) is 5.26. The number of thiazole rings is 1. The minimum atomic E-state index is -4.03.